The van der Waals surface area contributed by atoms with E-state index in [1.165, 1.54) is 6.20 Å². The number of H-pyrrole nitrogens is 1. The smallest absolute Gasteiger partial charge is 0.330 e. The number of hydrogen-bond acceptors (Lipinski definition) is 5. The summed E-state index contributed by atoms with van der Waals surface area (Å²) in [4.78, 5) is 25.8. The van der Waals surface area contributed by atoms with Gasteiger partial charge in [0, 0.05) is 11.8 Å². The maximum Gasteiger partial charge on any atom is 0.330 e. The fourth-order valence-corrected chi connectivity index (χ4v) is 2.34. The van der Waals surface area contributed by atoms with E-state index in [4.69, 9.17) is 9.84 Å². The Morgan fingerprint density at radius 2 is 2.19 bits per heavy atom. The molecule has 0 amide bonds. The first-order chi connectivity index (χ1) is 9.90. The molecule has 1 aromatic heterocycles. The van der Waals surface area contributed by atoms with Gasteiger partial charge in [-0.1, -0.05) is 13.8 Å². The van der Waals surface area contributed by atoms with Crippen LogP contribution in [0.15, 0.2) is 15.8 Å². The van der Waals surface area contributed by atoms with Gasteiger partial charge in [0.2, 0.25) is 0 Å². The van der Waals surface area contributed by atoms with Gasteiger partial charge in [-0.3, -0.25) is 14.3 Å². The van der Waals surface area contributed by atoms with Gasteiger partial charge in [0.05, 0.1) is 6.61 Å². The minimum Gasteiger partial charge on any atom is -0.394 e. The Balaban J connectivity index is 2.45. The number of nitrogens with one attached hydrogen (secondary N) is 1. The highest BCUT2D eigenvalue weighted by atomic mass is 19.1. The molecule has 1 aromatic rings. The van der Waals surface area contributed by atoms with E-state index in [0.29, 0.717) is 12.0 Å². The Morgan fingerprint density at radius 1 is 1.52 bits per heavy atom. The van der Waals surface area contributed by atoms with Gasteiger partial charge in [-0.15, -0.1) is 0 Å². The van der Waals surface area contributed by atoms with E-state index in [1.807, 2.05) is 13.8 Å². The number of hydrogen-bond donors (Lipinski definition) is 3. The highest BCUT2D eigenvalue weighted by molar-refractivity contribution is 5.11. The van der Waals surface area contributed by atoms with Crippen molar-refractivity contribution in [2.45, 2.75) is 50.8 Å². The van der Waals surface area contributed by atoms with Crippen LogP contribution in [-0.2, 0) is 4.74 Å². The number of alkyl halides is 1. The normalized spacial score (nSPS) is 30.5. The van der Waals surface area contributed by atoms with Crippen LogP contribution in [-0.4, -0.2) is 44.8 Å². The molecule has 5 atom stereocenters. The number of aromatic nitrogens is 2. The lowest BCUT2D eigenvalue weighted by molar-refractivity contribution is -0.0492. The molecule has 1 fully saturated rings. The summed E-state index contributed by atoms with van der Waals surface area (Å²) in [6, 6.07) is 0. The zero-order valence-electron chi connectivity index (χ0n) is 11.8. The molecule has 1 unspecified atom stereocenters. The minimum absolute atomic E-state index is 0.112. The summed E-state index contributed by atoms with van der Waals surface area (Å²) < 4.78 is 20.2. The van der Waals surface area contributed by atoms with Crippen LogP contribution in [0, 0.1) is 0 Å². The molecule has 0 radical (unpaired) electrons. The molecule has 0 spiro atoms. The lowest BCUT2D eigenvalue weighted by Gasteiger charge is -2.18. The number of aromatic amines is 1. The Labute approximate surface area is 120 Å². The second-order valence-corrected chi connectivity index (χ2v) is 5.24. The van der Waals surface area contributed by atoms with Crippen molar-refractivity contribution >= 4 is 0 Å². The molecule has 8 heteroatoms. The summed E-state index contributed by atoms with van der Waals surface area (Å²) in [7, 11) is 0. The van der Waals surface area contributed by atoms with Crippen molar-refractivity contribution in [2.75, 3.05) is 6.61 Å². The quantitative estimate of drug-likeness (QED) is 0.704. The van der Waals surface area contributed by atoms with Gasteiger partial charge in [-0.05, 0) is 12.3 Å². The maximum absolute atomic E-state index is 14.1. The highest BCUT2D eigenvalue weighted by Gasteiger charge is 2.45. The molecule has 1 aliphatic rings. The predicted octanol–water partition coefficient (Wildman–Crippen LogP) is -0.361. The van der Waals surface area contributed by atoms with Crippen molar-refractivity contribution in [1.29, 1.82) is 0 Å². The third kappa shape index (κ3) is 2.78. The molecule has 21 heavy (non-hydrogen) atoms. The first-order valence-electron chi connectivity index (χ1n) is 6.84. The maximum atomic E-state index is 14.1. The number of aliphatic hydroxyl groups excluding tert-OH is 2. The van der Waals surface area contributed by atoms with E-state index in [1.54, 1.807) is 0 Å². The number of halogens is 1. The number of rotatable bonds is 4. The SMILES string of the molecule is CCC(C)c1cn([C@@H]2O[C@H](CO)[C@@H](O)[C@@H]2F)c(=O)[nH]c1=O. The van der Waals surface area contributed by atoms with Crippen molar-refractivity contribution in [3.8, 4) is 0 Å². The van der Waals surface area contributed by atoms with Crippen molar-refractivity contribution in [3.63, 3.8) is 0 Å². The zero-order chi connectivity index (χ0) is 15.7. The Bertz CT molecular complexity index is 613. The summed E-state index contributed by atoms with van der Waals surface area (Å²) in [5.41, 5.74) is -0.987. The van der Waals surface area contributed by atoms with E-state index in [-0.39, 0.29) is 5.92 Å². The van der Waals surface area contributed by atoms with Gasteiger partial charge in [0.25, 0.3) is 5.56 Å². The van der Waals surface area contributed by atoms with E-state index in [2.05, 4.69) is 4.98 Å². The third-order valence-corrected chi connectivity index (χ3v) is 3.89. The zero-order valence-corrected chi connectivity index (χ0v) is 11.8. The van der Waals surface area contributed by atoms with Crippen LogP contribution in [0.3, 0.4) is 0 Å². The molecule has 0 aliphatic carbocycles. The monoisotopic (exact) mass is 302 g/mol. The summed E-state index contributed by atoms with van der Waals surface area (Å²) in [6.07, 6.45) is -3.92. The average Bonchev–Trinajstić information content (AvgIpc) is 2.74. The van der Waals surface area contributed by atoms with Gasteiger partial charge >= 0.3 is 5.69 Å². The number of ether oxygens (including phenoxy) is 1. The highest BCUT2D eigenvalue weighted by Crippen LogP contribution is 2.31. The number of nitrogens with zero attached hydrogens (tertiary/aromatic N) is 1. The average molecular weight is 302 g/mol. The minimum atomic E-state index is -1.87. The van der Waals surface area contributed by atoms with Crippen molar-refractivity contribution < 1.29 is 19.3 Å². The first kappa shape index (κ1) is 15.9. The third-order valence-electron chi connectivity index (χ3n) is 3.89. The number of aliphatic hydroxyl groups is 2. The van der Waals surface area contributed by atoms with E-state index in [9.17, 15) is 19.1 Å². The van der Waals surface area contributed by atoms with Gasteiger partial charge in [0.1, 0.15) is 12.2 Å². The fraction of sp³-hybridized carbons (Fsp3) is 0.692. The van der Waals surface area contributed by atoms with Crippen LogP contribution < -0.4 is 11.2 Å². The molecule has 0 bridgehead atoms. The van der Waals surface area contributed by atoms with E-state index >= 15 is 0 Å². The molecule has 2 rings (SSSR count). The standard InChI is InChI=1S/C13H19FN2O5/c1-3-6(2)7-4-16(13(20)15-11(7)19)12-9(14)10(18)8(5-17)21-12/h4,6,8-10,12,17-18H,3,5H2,1-2H3,(H,15,19,20)/t6?,8-,9+,10-,12-/m1/s1. The second-order valence-electron chi connectivity index (χ2n) is 5.24. The summed E-state index contributed by atoms with van der Waals surface area (Å²) in [6.45, 7) is 3.14. The van der Waals surface area contributed by atoms with Crippen LogP contribution in [0.2, 0.25) is 0 Å². The second kappa shape index (κ2) is 6.08. The van der Waals surface area contributed by atoms with Gasteiger partial charge in [0.15, 0.2) is 12.4 Å². The molecule has 1 aliphatic heterocycles. The van der Waals surface area contributed by atoms with Crippen LogP contribution in [0.25, 0.3) is 0 Å². The fourth-order valence-electron chi connectivity index (χ4n) is 2.34. The van der Waals surface area contributed by atoms with Crippen molar-refractivity contribution in [1.82, 2.24) is 9.55 Å². The van der Waals surface area contributed by atoms with Crippen LogP contribution in [0.5, 0.6) is 0 Å². The Kier molecular flexibility index (Phi) is 4.60. The van der Waals surface area contributed by atoms with Gasteiger partial charge in [-0.2, -0.15) is 0 Å². The predicted molar refractivity (Wildman–Crippen MR) is 71.9 cm³/mol. The van der Waals surface area contributed by atoms with Crippen molar-refractivity contribution in [2.24, 2.45) is 0 Å². The lowest BCUT2D eigenvalue weighted by atomic mass is 10.0. The summed E-state index contributed by atoms with van der Waals surface area (Å²) in [5, 5.41) is 18.6. The topological polar surface area (TPSA) is 105 Å². The molecule has 1 saturated heterocycles. The van der Waals surface area contributed by atoms with Crippen molar-refractivity contribution in [3.05, 3.63) is 32.6 Å². The largest absolute Gasteiger partial charge is 0.394 e. The van der Waals surface area contributed by atoms with Gasteiger partial charge < -0.3 is 14.9 Å². The molecule has 2 heterocycles. The molecule has 7 nitrogen and oxygen atoms in total. The molecule has 0 aromatic carbocycles. The lowest BCUT2D eigenvalue weighted by Crippen LogP contribution is -2.37. The molecule has 3 N–H and O–H groups in total. The van der Waals surface area contributed by atoms with Gasteiger partial charge in [-0.25, -0.2) is 9.18 Å². The Morgan fingerprint density at radius 3 is 2.71 bits per heavy atom. The van der Waals surface area contributed by atoms with Crippen LogP contribution in [0.1, 0.15) is 38.0 Å². The van der Waals surface area contributed by atoms with E-state index in [0.717, 1.165) is 4.57 Å². The first-order valence-corrected chi connectivity index (χ1v) is 6.84. The summed E-state index contributed by atoms with van der Waals surface area (Å²) in [5.74, 6) is -0.112. The van der Waals surface area contributed by atoms with Crippen LogP contribution >= 0.6 is 0 Å². The van der Waals surface area contributed by atoms with Crippen LogP contribution in [0.4, 0.5) is 4.39 Å². The molecular weight excluding hydrogens is 283 g/mol. The molecule has 0 saturated carbocycles. The Hall–Kier alpha value is -1.51. The van der Waals surface area contributed by atoms with E-state index < -0.39 is 42.5 Å². The molecule has 118 valence electrons. The molecular formula is C13H19FN2O5. The summed E-state index contributed by atoms with van der Waals surface area (Å²) >= 11 is 0.